The van der Waals surface area contributed by atoms with Gasteiger partial charge in [0.2, 0.25) is 0 Å². The second kappa shape index (κ2) is 11.0. The van der Waals surface area contributed by atoms with Gasteiger partial charge in [-0.15, -0.1) is 0 Å². The molecule has 2 unspecified atom stereocenters. The summed E-state index contributed by atoms with van der Waals surface area (Å²) in [5.41, 5.74) is 1.24. The smallest absolute Gasteiger partial charge is 0.307 e. The lowest BCUT2D eigenvalue weighted by Gasteiger charge is -2.11. The highest BCUT2D eigenvalue weighted by atomic mass is 31.1. The van der Waals surface area contributed by atoms with Crippen molar-refractivity contribution in [2.24, 2.45) is 5.92 Å². The number of aryl methyl sites for hydroxylation is 1. The van der Waals surface area contributed by atoms with Gasteiger partial charge in [-0.05, 0) is 31.2 Å². The Morgan fingerprint density at radius 1 is 1.13 bits per heavy atom. The van der Waals surface area contributed by atoms with Crippen molar-refractivity contribution in [3.63, 3.8) is 0 Å². The average molecular weight is 342 g/mol. The molecule has 2 N–H and O–H groups in total. The topological polar surface area (TPSA) is 101 Å². The van der Waals surface area contributed by atoms with Crippen LogP contribution >= 0.6 is 8.03 Å². The second-order valence-electron chi connectivity index (χ2n) is 5.33. The highest BCUT2D eigenvalue weighted by Crippen LogP contribution is 2.28. The van der Waals surface area contributed by atoms with Gasteiger partial charge in [0.15, 0.2) is 8.03 Å². The van der Waals surface area contributed by atoms with E-state index < -0.39 is 25.9 Å². The number of carbonyl (C=O) groups is 2. The molecule has 128 valence electrons. The van der Waals surface area contributed by atoms with Gasteiger partial charge in [0.1, 0.15) is 0 Å². The molecule has 0 radical (unpaired) electrons. The van der Waals surface area contributed by atoms with Gasteiger partial charge in [-0.25, -0.2) is 0 Å². The Morgan fingerprint density at radius 3 is 2.43 bits per heavy atom. The van der Waals surface area contributed by atoms with Gasteiger partial charge in [-0.3, -0.25) is 14.2 Å². The van der Waals surface area contributed by atoms with E-state index in [2.05, 4.69) is 0 Å². The molecule has 1 aromatic rings. The molecule has 2 atom stereocenters. The van der Waals surface area contributed by atoms with Crippen LogP contribution in [0.4, 0.5) is 0 Å². The number of carboxylic acids is 2. The quantitative estimate of drug-likeness (QED) is 0.447. The third-order valence-corrected chi connectivity index (χ3v) is 4.79. The molecular weight excluding hydrogens is 319 g/mol. The van der Waals surface area contributed by atoms with Gasteiger partial charge in [-0.1, -0.05) is 30.3 Å². The van der Waals surface area contributed by atoms with Gasteiger partial charge in [0.25, 0.3) is 0 Å². The van der Waals surface area contributed by atoms with Crippen LogP contribution in [0.25, 0.3) is 0 Å². The Bertz CT molecular complexity index is 517. The molecule has 0 heterocycles. The molecular formula is C16H23O6P. The number of hydrogen-bond donors (Lipinski definition) is 2. The first-order valence-electron chi connectivity index (χ1n) is 7.63. The molecule has 1 rings (SSSR count). The SMILES string of the molecule is O=C(O)CCC(C[PH](=O)OCCCCc1ccccc1)C(=O)O. The van der Waals surface area contributed by atoms with Crippen LogP contribution in [0.15, 0.2) is 30.3 Å². The van der Waals surface area contributed by atoms with Crippen molar-refractivity contribution in [2.45, 2.75) is 32.1 Å². The van der Waals surface area contributed by atoms with Crippen LogP contribution < -0.4 is 0 Å². The van der Waals surface area contributed by atoms with E-state index in [1.54, 1.807) is 0 Å². The van der Waals surface area contributed by atoms with Crippen LogP contribution in [0, 0.1) is 5.92 Å². The lowest BCUT2D eigenvalue weighted by atomic mass is 10.1. The Morgan fingerprint density at radius 2 is 1.83 bits per heavy atom. The minimum atomic E-state index is -2.45. The predicted molar refractivity (Wildman–Crippen MR) is 87.2 cm³/mol. The van der Waals surface area contributed by atoms with E-state index in [9.17, 15) is 14.2 Å². The normalized spacial score (nSPS) is 13.4. The van der Waals surface area contributed by atoms with Gasteiger partial charge in [0, 0.05) is 12.6 Å². The van der Waals surface area contributed by atoms with Crippen molar-refractivity contribution in [1.29, 1.82) is 0 Å². The van der Waals surface area contributed by atoms with E-state index in [1.165, 1.54) is 5.56 Å². The molecule has 0 aliphatic heterocycles. The van der Waals surface area contributed by atoms with Crippen LogP contribution in [0.3, 0.4) is 0 Å². The monoisotopic (exact) mass is 342 g/mol. The molecule has 0 aliphatic carbocycles. The van der Waals surface area contributed by atoms with Crippen LogP contribution in [-0.2, 0) is 25.1 Å². The minimum Gasteiger partial charge on any atom is -0.481 e. The van der Waals surface area contributed by atoms with Crippen molar-refractivity contribution in [3.05, 3.63) is 35.9 Å². The summed E-state index contributed by atoms with van der Waals surface area (Å²) in [6, 6.07) is 10.0. The number of benzene rings is 1. The van der Waals surface area contributed by atoms with Crippen LogP contribution in [0.5, 0.6) is 0 Å². The van der Waals surface area contributed by atoms with Crippen molar-refractivity contribution < 1.29 is 28.9 Å². The molecule has 23 heavy (non-hydrogen) atoms. The summed E-state index contributed by atoms with van der Waals surface area (Å²) in [5, 5.41) is 17.6. The number of unbranched alkanes of at least 4 members (excludes halogenated alkanes) is 1. The van der Waals surface area contributed by atoms with Crippen LogP contribution in [0.2, 0.25) is 0 Å². The maximum absolute atomic E-state index is 11.8. The number of carboxylic acid groups (broad SMARTS) is 2. The molecule has 1 aromatic carbocycles. The highest BCUT2D eigenvalue weighted by molar-refractivity contribution is 7.39. The maximum Gasteiger partial charge on any atom is 0.307 e. The summed E-state index contributed by atoms with van der Waals surface area (Å²) >= 11 is 0. The zero-order valence-electron chi connectivity index (χ0n) is 12.9. The van der Waals surface area contributed by atoms with E-state index >= 15 is 0 Å². The number of aliphatic carboxylic acids is 2. The Kier molecular flexibility index (Phi) is 9.25. The van der Waals surface area contributed by atoms with Crippen molar-refractivity contribution in [1.82, 2.24) is 0 Å². The van der Waals surface area contributed by atoms with E-state index in [-0.39, 0.29) is 19.0 Å². The Balaban J connectivity index is 2.19. The van der Waals surface area contributed by atoms with Crippen molar-refractivity contribution in [2.75, 3.05) is 12.8 Å². The molecule has 0 aromatic heterocycles. The molecule has 7 heteroatoms. The third kappa shape index (κ3) is 9.16. The first kappa shape index (κ1) is 19.4. The van der Waals surface area contributed by atoms with Crippen molar-refractivity contribution >= 4 is 20.0 Å². The second-order valence-corrected chi connectivity index (χ2v) is 6.78. The maximum atomic E-state index is 11.8. The zero-order chi connectivity index (χ0) is 17.1. The molecule has 0 saturated carbocycles. The zero-order valence-corrected chi connectivity index (χ0v) is 13.9. The Hall–Kier alpha value is -1.65. The van der Waals surface area contributed by atoms with Gasteiger partial charge in [0.05, 0.1) is 12.5 Å². The lowest BCUT2D eigenvalue weighted by Crippen LogP contribution is -2.18. The summed E-state index contributed by atoms with van der Waals surface area (Å²) in [6.45, 7) is 0.329. The van der Waals surface area contributed by atoms with E-state index in [4.69, 9.17) is 14.7 Å². The fourth-order valence-corrected chi connectivity index (χ4v) is 3.40. The number of rotatable bonds is 12. The molecule has 0 aliphatic rings. The van der Waals surface area contributed by atoms with Gasteiger partial charge < -0.3 is 14.7 Å². The van der Waals surface area contributed by atoms with E-state index in [0.717, 1.165) is 19.3 Å². The summed E-state index contributed by atoms with van der Waals surface area (Å²) < 4.78 is 17.0. The number of hydrogen-bond acceptors (Lipinski definition) is 4. The lowest BCUT2D eigenvalue weighted by molar-refractivity contribution is -0.142. The largest absolute Gasteiger partial charge is 0.481 e. The molecule has 0 saturated heterocycles. The standard InChI is InChI=1S/C16H23O6P/c17-15(18)10-9-14(16(19)20)12-23(21)22-11-5-4-8-13-6-2-1-3-7-13/h1-3,6-7,14,23H,4-5,8-12H2,(H,17,18)(H,19,20). The van der Waals surface area contributed by atoms with Gasteiger partial charge in [-0.2, -0.15) is 0 Å². The Labute approximate surface area is 136 Å². The highest BCUT2D eigenvalue weighted by Gasteiger charge is 2.21. The predicted octanol–water partition coefficient (Wildman–Crippen LogP) is 3.07. The molecule has 6 nitrogen and oxygen atoms in total. The summed E-state index contributed by atoms with van der Waals surface area (Å²) in [7, 11) is -2.45. The molecule has 0 amide bonds. The molecule has 0 fully saturated rings. The van der Waals surface area contributed by atoms with Gasteiger partial charge >= 0.3 is 11.9 Å². The van der Waals surface area contributed by atoms with E-state index in [0.29, 0.717) is 6.61 Å². The van der Waals surface area contributed by atoms with Crippen LogP contribution in [0.1, 0.15) is 31.2 Å². The summed E-state index contributed by atoms with van der Waals surface area (Å²) in [6.07, 6.45) is 2.19. The first-order valence-corrected chi connectivity index (χ1v) is 9.15. The van der Waals surface area contributed by atoms with E-state index in [1.807, 2.05) is 30.3 Å². The van der Waals surface area contributed by atoms with Crippen LogP contribution in [-0.4, -0.2) is 34.9 Å². The molecule has 0 spiro atoms. The fourth-order valence-electron chi connectivity index (χ4n) is 2.13. The fraction of sp³-hybridized carbons (Fsp3) is 0.500. The molecule has 0 bridgehead atoms. The average Bonchev–Trinajstić information content (AvgIpc) is 2.51. The van der Waals surface area contributed by atoms with Crippen molar-refractivity contribution in [3.8, 4) is 0 Å². The first-order chi connectivity index (χ1) is 11.0. The third-order valence-electron chi connectivity index (χ3n) is 3.43. The minimum absolute atomic E-state index is 0.0293. The summed E-state index contributed by atoms with van der Waals surface area (Å²) in [4.78, 5) is 21.5. The summed E-state index contributed by atoms with van der Waals surface area (Å²) in [5.74, 6) is -3.11.